The number of carbonyl (C=O) groups is 3. The molecule has 0 rings (SSSR count). The van der Waals surface area contributed by atoms with Crippen LogP contribution in [0.1, 0.15) is 297 Å². The molecule has 0 saturated carbocycles. The lowest BCUT2D eigenvalue weighted by molar-refractivity contribution is -0.167. The van der Waals surface area contributed by atoms with Crippen molar-refractivity contribution in [2.75, 3.05) is 13.2 Å². The lowest BCUT2D eigenvalue weighted by Crippen LogP contribution is -2.30. The van der Waals surface area contributed by atoms with Gasteiger partial charge in [0.15, 0.2) is 6.10 Å². The number of unbranched alkanes of at least 4 members (excludes halogenated alkanes) is 31. The quantitative estimate of drug-likeness (QED) is 0.0261. The van der Waals surface area contributed by atoms with Gasteiger partial charge in [-0.25, -0.2) is 0 Å². The van der Waals surface area contributed by atoms with Crippen LogP contribution in [0.25, 0.3) is 0 Å². The van der Waals surface area contributed by atoms with E-state index in [-0.39, 0.29) is 31.1 Å². The maximum Gasteiger partial charge on any atom is 0.306 e. The lowest BCUT2D eigenvalue weighted by atomic mass is 10.0. The molecule has 0 aliphatic rings. The van der Waals surface area contributed by atoms with Gasteiger partial charge in [0.1, 0.15) is 13.2 Å². The van der Waals surface area contributed by atoms with Crippen molar-refractivity contribution >= 4 is 17.9 Å². The highest BCUT2D eigenvalue weighted by Gasteiger charge is 2.19. The zero-order valence-corrected chi connectivity index (χ0v) is 46.3. The number of hydrogen-bond donors (Lipinski definition) is 0. The van der Waals surface area contributed by atoms with Crippen LogP contribution < -0.4 is 0 Å². The molecule has 1 unspecified atom stereocenters. The van der Waals surface area contributed by atoms with E-state index in [4.69, 9.17) is 14.2 Å². The Bertz CT molecular complexity index is 1310. The van der Waals surface area contributed by atoms with Gasteiger partial charge >= 0.3 is 17.9 Å². The summed E-state index contributed by atoms with van der Waals surface area (Å²) in [5.74, 6) is -0.922. The molecule has 70 heavy (non-hydrogen) atoms. The predicted octanol–water partition coefficient (Wildman–Crippen LogP) is 20.2. The molecule has 0 amide bonds. The molecule has 0 bridgehead atoms. The largest absolute Gasteiger partial charge is 0.462 e. The minimum atomic E-state index is -0.793. The summed E-state index contributed by atoms with van der Waals surface area (Å²) in [6.07, 6.45) is 74.7. The molecule has 0 aromatic heterocycles. The maximum atomic E-state index is 12.9. The highest BCUT2D eigenvalue weighted by atomic mass is 16.6. The first-order chi connectivity index (χ1) is 34.5. The van der Waals surface area contributed by atoms with E-state index >= 15 is 0 Å². The topological polar surface area (TPSA) is 78.9 Å². The smallest absolute Gasteiger partial charge is 0.306 e. The van der Waals surface area contributed by atoms with Crippen molar-refractivity contribution in [3.05, 3.63) is 72.9 Å². The molecule has 0 aromatic carbocycles. The standard InChI is InChI=1S/C64H112O6/c1-4-7-10-13-16-19-22-25-28-30-32-34-36-39-42-45-48-51-54-57-63(66)69-60-61(59-68-62(65)56-53-50-47-44-41-38-35-27-24-21-18-15-12-9-6-3)70-64(67)58-55-52-49-46-43-40-37-33-31-29-26-23-20-17-14-11-8-5-2/h9,12,16,18-19,21,25,27-28,35,41,44,61H,4-8,10-11,13-15,17,20,22-24,26,29-34,36-40,42-43,45-60H2,1-3H3/b12-9-,19-16-,21-18-,28-25-,35-27-,44-41-. The van der Waals surface area contributed by atoms with Crippen LogP contribution in [0, 0.1) is 0 Å². The Morgan fingerprint density at radius 3 is 0.929 bits per heavy atom. The first-order valence-corrected chi connectivity index (χ1v) is 29.9. The Hall–Kier alpha value is -3.15. The fraction of sp³-hybridized carbons (Fsp3) is 0.766. The molecule has 0 spiro atoms. The van der Waals surface area contributed by atoms with Crippen LogP contribution in [0.4, 0.5) is 0 Å². The van der Waals surface area contributed by atoms with E-state index in [2.05, 4.69) is 93.7 Å². The Kier molecular flexibility index (Phi) is 55.8. The van der Waals surface area contributed by atoms with Crippen LogP contribution in [0.2, 0.25) is 0 Å². The molecule has 0 saturated heterocycles. The summed E-state index contributed by atoms with van der Waals surface area (Å²) in [6.45, 7) is 6.50. The molecular formula is C64H112O6. The second kappa shape index (κ2) is 58.4. The average Bonchev–Trinajstić information content (AvgIpc) is 3.36. The van der Waals surface area contributed by atoms with Gasteiger partial charge in [0.2, 0.25) is 0 Å². The van der Waals surface area contributed by atoms with Gasteiger partial charge in [0.05, 0.1) is 0 Å². The number of rotatable bonds is 54. The summed E-state index contributed by atoms with van der Waals surface area (Å²) < 4.78 is 16.9. The average molecular weight is 978 g/mol. The van der Waals surface area contributed by atoms with Gasteiger partial charge in [-0.3, -0.25) is 14.4 Å². The number of carbonyl (C=O) groups excluding carboxylic acids is 3. The molecule has 0 aliphatic carbocycles. The minimum Gasteiger partial charge on any atom is -0.462 e. The van der Waals surface area contributed by atoms with Crippen molar-refractivity contribution in [2.24, 2.45) is 0 Å². The van der Waals surface area contributed by atoms with Gasteiger partial charge in [-0.15, -0.1) is 0 Å². The summed E-state index contributed by atoms with van der Waals surface area (Å²) in [5, 5.41) is 0. The van der Waals surface area contributed by atoms with Crippen molar-refractivity contribution in [3.8, 4) is 0 Å². The molecule has 1 atom stereocenters. The fourth-order valence-electron chi connectivity index (χ4n) is 8.47. The van der Waals surface area contributed by atoms with Gasteiger partial charge in [-0.1, -0.05) is 261 Å². The van der Waals surface area contributed by atoms with E-state index in [1.807, 2.05) is 0 Å². The van der Waals surface area contributed by atoms with E-state index in [1.54, 1.807) is 0 Å². The van der Waals surface area contributed by atoms with Gasteiger partial charge in [-0.2, -0.15) is 0 Å². The fourth-order valence-corrected chi connectivity index (χ4v) is 8.47. The summed E-state index contributed by atoms with van der Waals surface area (Å²) in [5.41, 5.74) is 0. The third-order valence-corrected chi connectivity index (χ3v) is 12.9. The molecule has 0 radical (unpaired) electrons. The van der Waals surface area contributed by atoms with E-state index in [1.165, 1.54) is 167 Å². The zero-order valence-electron chi connectivity index (χ0n) is 46.3. The molecule has 6 heteroatoms. The second-order valence-corrected chi connectivity index (χ2v) is 19.9. The van der Waals surface area contributed by atoms with Crippen LogP contribution in [-0.4, -0.2) is 37.2 Å². The predicted molar refractivity (Wildman–Crippen MR) is 302 cm³/mol. The molecule has 6 nitrogen and oxygen atoms in total. The van der Waals surface area contributed by atoms with E-state index in [0.717, 1.165) is 89.9 Å². The van der Waals surface area contributed by atoms with Gasteiger partial charge < -0.3 is 14.2 Å². The molecule has 404 valence electrons. The summed E-state index contributed by atoms with van der Waals surface area (Å²) in [4.78, 5) is 38.2. The van der Waals surface area contributed by atoms with E-state index < -0.39 is 6.10 Å². The lowest BCUT2D eigenvalue weighted by Gasteiger charge is -2.18. The van der Waals surface area contributed by atoms with Gasteiger partial charge in [0.25, 0.3) is 0 Å². The van der Waals surface area contributed by atoms with Crippen molar-refractivity contribution in [2.45, 2.75) is 303 Å². The Labute approximate surface area is 433 Å². The van der Waals surface area contributed by atoms with Crippen LogP contribution in [0.5, 0.6) is 0 Å². The molecular weight excluding hydrogens is 865 g/mol. The van der Waals surface area contributed by atoms with Gasteiger partial charge in [-0.05, 0) is 89.9 Å². The molecule has 0 N–H and O–H groups in total. The normalized spacial score (nSPS) is 12.6. The highest BCUT2D eigenvalue weighted by molar-refractivity contribution is 5.71. The summed E-state index contributed by atoms with van der Waals surface area (Å²) in [6, 6.07) is 0. The Morgan fingerprint density at radius 1 is 0.300 bits per heavy atom. The third-order valence-electron chi connectivity index (χ3n) is 12.9. The van der Waals surface area contributed by atoms with E-state index in [9.17, 15) is 14.4 Å². The maximum absolute atomic E-state index is 12.9. The number of allylic oxidation sites excluding steroid dienone is 12. The van der Waals surface area contributed by atoms with Crippen LogP contribution in [-0.2, 0) is 28.6 Å². The molecule has 0 aliphatic heterocycles. The van der Waals surface area contributed by atoms with E-state index in [0.29, 0.717) is 19.3 Å². The number of esters is 3. The van der Waals surface area contributed by atoms with Crippen molar-refractivity contribution in [1.29, 1.82) is 0 Å². The van der Waals surface area contributed by atoms with Crippen LogP contribution in [0.15, 0.2) is 72.9 Å². The Balaban J connectivity index is 4.40. The Morgan fingerprint density at radius 2 is 0.557 bits per heavy atom. The van der Waals surface area contributed by atoms with Crippen LogP contribution in [0.3, 0.4) is 0 Å². The molecule has 0 fully saturated rings. The second-order valence-electron chi connectivity index (χ2n) is 19.9. The molecule has 0 aromatic rings. The minimum absolute atomic E-state index is 0.0885. The van der Waals surface area contributed by atoms with Crippen molar-refractivity contribution in [1.82, 2.24) is 0 Å². The van der Waals surface area contributed by atoms with Crippen molar-refractivity contribution in [3.63, 3.8) is 0 Å². The third kappa shape index (κ3) is 55.8. The first kappa shape index (κ1) is 66.9. The number of ether oxygens (including phenoxy) is 3. The number of hydrogen-bond acceptors (Lipinski definition) is 6. The van der Waals surface area contributed by atoms with Crippen LogP contribution >= 0.6 is 0 Å². The highest BCUT2D eigenvalue weighted by Crippen LogP contribution is 2.16. The first-order valence-electron chi connectivity index (χ1n) is 29.9. The van der Waals surface area contributed by atoms with Gasteiger partial charge in [0, 0.05) is 19.3 Å². The van der Waals surface area contributed by atoms with Crippen molar-refractivity contribution < 1.29 is 28.6 Å². The summed E-state index contributed by atoms with van der Waals surface area (Å²) in [7, 11) is 0. The summed E-state index contributed by atoms with van der Waals surface area (Å²) >= 11 is 0. The monoisotopic (exact) mass is 977 g/mol. The SMILES string of the molecule is CC/C=C\C/C=C\C/C=C\C/C=C\CCCCC(=O)OCC(COC(=O)CCCCCCCCCCC/C=C\C/C=C\CCCCC)OC(=O)CCCCCCCCCCCCCCCCCCCC. The molecule has 0 heterocycles. The zero-order chi connectivity index (χ0) is 50.7.